The third kappa shape index (κ3) is 4.56. The highest BCUT2D eigenvalue weighted by atomic mass is 32.1. The van der Waals surface area contributed by atoms with Crippen LogP contribution in [0.3, 0.4) is 0 Å². The van der Waals surface area contributed by atoms with E-state index in [1.54, 1.807) is 24.0 Å². The fourth-order valence-corrected chi connectivity index (χ4v) is 6.47. The molecule has 1 aliphatic carbocycles. The number of carbonyl (C=O) groups excluding carboxylic acids is 1. The molecule has 36 heavy (non-hydrogen) atoms. The van der Waals surface area contributed by atoms with E-state index >= 15 is 0 Å². The van der Waals surface area contributed by atoms with Gasteiger partial charge in [0, 0.05) is 54.2 Å². The Morgan fingerprint density at radius 3 is 2.61 bits per heavy atom. The topological polar surface area (TPSA) is 92.5 Å². The van der Waals surface area contributed by atoms with E-state index in [0.29, 0.717) is 37.3 Å². The number of hydrogen-bond acceptors (Lipinski definition) is 7. The molecular weight excluding hydrogens is 474 g/mol. The van der Waals surface area contributed by atoms with Gasteiger partial charge in [0.2, 0.25) is 0 Å². The van der Waals surface area contributed by atoms with Crippen LogP contribution in [0.4, 0.5) is 11.5 Å². The third-order valence-corrected chi connectivity index (χ3v) is 8.82. The minimum absolute atomic E-state index is 0.0152. The number of piperazine rings is 1. The average molecular weight is 508 g/mol. The molecule has 9 heteroatoms. The van der Waals surface area contributed by atoms with E-state index in [1.165, 1.54) is 41.2 Å². The highest BCUT2D eigenvalue weighted by Gasteiger charge is 2.28. The smallest absolute Gasteiger partial charge is 0.273 e. The first-order valence-electron chi connectivity index (χ1n) is 13.0. The van der Waals surface area contributed by atoms with Crippen molar-refractivity contribution in [1.82, 2.24) is 14.9 Å². The normalized spacial score (nSPS) is 17.1. The Balaban J connectivity index is 1.43. The van der Waals surface area contributed by atoms with Crippen LogP contribution in [-0.2, 0) is 12.8 Å². The third-order valence-electron chi connectivity index (χ3n) is 7.64. The number of nitro groups is 1. The molecule has 1 aromatic carbocycles. The summed E-state index contributed by atoms with van der Waals surface area (Å²) in [4.78, 5) is 40.9. The summed E-state index contributed by atoms with van der Waals surface area (Å²) in [6, 6.07) is 4.74. The van der Waals surface area contributed by atoms with Crippen LogP contribution in [0.1, 0.15) is 77.6 Å². The van der Waals surface area contributed by atoms with Crippen molar-refractivity contribution >= 4 is 39.0 Å². The molecule has 3 aromatic rings. The van der Waals surface area contributed by atoms with E-state index in [4.69, 9.17) is 9.97 Å². The van der Waals surface area contributed by atoms with Gasteiger partial charge in [0.1, 0.15) is 16.5 Å². The summed E-state index contributed by atoms with van der Waals surface area (Å²) >= 11 is 1.84. The van der Waals surface area contributed by atoms with Crippen molar-refractivity contribution in [3.8, 4) is 0 Å². The first-order valence-corrected chi connectivity index (χ1v) is 13.8. The van der Waals surface area contributed by atoms with E-state index in [-0.39, 0.29) is 17.5 Å². The van der Waals surface area contributed by atoms with Crippen molar-refractivity contribution in [2.45, 2.75) is 65.2 Å². The van der Waals surface area contributed by atoms with Gasteiger partial charge in [0.05, 0.1) is 10.3 Å². The molecule has 3 heterocycles. The Bertz CT molecular complexity index is 1310. The number of anilines is 1. The standard InChI is InChI=1S/C27H33N5O3S/c1-4-17(2)24-28-25(23-20-8-6-5-7-9-22(20)36-26(23)29-24)30-12-14-31(15-13-30)27(33)19-11-10-18(3)21(16-19)32(34)35/h10-11,16-17H,4-9,12-15H2,1-3H3. The van der Waals surface area contributed by atoms with Crippen LogP contribution in [0.2, 0.25) is 0 Å². The molecule has 190 valence electrons. The number of nitrogens with zero attached hydrogens (tertiary/aromatic N) is 5. The zero-order valence-corrected chi connectivity index (χ0v) is 22.1. The molecule has 0 N–H and O–H groups in total. The number of thiophene rings is 1. The van der Waals surface area contributed by atoms with Crippen LogP contribution in [0.25, 0.3) is 10.2 Å². The van der Waals surface area contributed by atoms with Gasteiger partial charge in [-0.3, -0.25) is 14.9 Å². The Morgan fingerprint density at radius 2 is 1.89 bits per heavy atom. The predicted octanol–water partition coefficient (Wildman–Crippen LogP) is 5.65. The van der Waals surface area contributed by atoms with Crippen LogP contribution >= 0.6 is 11.3 Å². The number of rotatable bonds is 5. The molecule has 0 radical (unpaired) electrons. The number of benzene rings is 1. The average Bonchev–Trinajstić information content (AvgIpc) is 3.08. The molecule has 1 aliphatic heterocycles. The van der Waals surface area contributed by atoms with Crippen LogP contribution in [-0.4, -0.2) is 51.9 Å². The van der Waals surface area contributed by atoms with Gasteiger partial charge in [-0.1, -0.05) is 26.3 Å². The van der Waals surface area contributed by atoms with Gasteiger partial charge in [0.25, 0.3) is 11.6 Å². The first kappa shape index (κ1) is 24.6. The molecule has 0 spiro atoms. The van der Waals surface area contributed by atoms with Gasteiger partial charge in [-0.2, -0.15) is 0 Å². The Labute approximate surface area is 215 Å². The number of fused-ring (bicyclic) bond motifs is 3. The fourth-order valence-electron chi connectivity index (χ4n) is 5.21. The maximum absolute atomic E-state index is 13.2. The van der Waals surface area contributed by atoms with Crippen molar-refractivity contribution in [3.05, 3.63) is 55.7 Å². The zero-order valence-electron chi connectivity index (χ0n) is 21.2. The summed E-state index contributed by atoms with van der Waals surface area (Å²) in [6.07, 6.45) is 6.90. The predicted molar refractivity (Wildman–Crippen MR) is 143 cm³/mol. The Hall–Kier alpha value is -3.07. The second-order valence-electron chi connectivity index (χ2n) is 10.00. The molecule has 1 unspecified atom stereocenters. The van der Waals surface area contributed by atoms with Crippen molar-refractivity contribution in [3.63, 3.8) is 0 Å². The van der Waals surface area contributed by atoms with Crippen LogP contribution in [0.5, 0.6) is 0 Å². The lowest BCUT2D eigenvalue weighted by Gasteiger charge is -2.36. The summed E-state index contributed by atoms with van der Waals surface area (Å²) in [6.45, 7) is 8.50. The number of hydrogen-bond donors (Lipinski definition) is 0. The molecule has 5 rings (SSSR count). The van der Waals surface area contributed by atoms with Gasteiger partial charge < -0.3 is 9.80 Å². The van der Waals surface area contributed by atoms with Crippen LogP contribution in [0.15, 0.2) is 18.2 Å². The molecule has 8 nitrogen and oxygen atoms in total. The van der Waals surface area contributed by atoms with E-state index in [0.717, 1.165) is 35.7 Å². The summed E-state index contributed by atoms with van der Waals surface area (Å²) < 4.78 is 0. The number of carbonyl (C=O) groups is 1. The molecule has 1 fully saturated rings. The van der Waals surface area contributed by atoms with E-state index in [2.05, 4.69) is 18.7 Å². The van der Waals surface area contributed by atoms with Crippen LogP contribution in [0, 0.1) is 17.0 Å². The highest BCUT2D eigenvalue weighted by Crippen LogP contribution is 2.40. The molecular formula is C27H33N5O3S. The van der Waals surface area contributed by atoms with Gasteiger partial charge in [0.15, 0.2) is 0 Å². The highest BCUT2D eigenvalue weighted by molar-refractivity contribution is 7.19. The first-order chi connectivity index (χ1) is 17.4. The lowest BCUT2D eigenvalue weighted by atomic mass is 10.1. The van der Waals surface area contributed by atoms with E-state index in [1.807, 2.05) is 11.3 Å². The lowest BCUT2D eigenvalue weighted by Crippen LogP contribution is -2.49. The van der Waals surface area contributed by atoms with Gasteiger partial charge in [-0.05, 0) is 50.7 Å². The summed E-state index contributed by atoms with van der Waals surface area (Å²) in [7, 11) is 0. The van der Waals surface area contributed by atoms with Crippen LogP contribution < -0.4 is 4.90 Å². The number of amides is 1. The van der Waals surface area contributed by atoms with Crippen molar-refractivity contribution < 1.29 is 9.72 Å². The monoisotopic (exact) mass is 507 g/mol. The molecule has 1 saturated heterocycles. The van der Waals surface area contributed by atoms with Crippen molar-refractivity contribution in [1.29, 1.82) is 0 Å². The maximum Gasteiger partial charge on any atom is 0.273 e. The minimum Gasteiger partial charge on any atom is -0.352 e. The quantitative estimate of drug-likeness (QED) is 0.252. The van der Waals surface area contributed by atoms with Gasteiger partial charge >= 0.3 is 0 Å². The second-order valence-corrected chi connectivity index (χ2v) is 11.1. The number of aryl methyl sites for hydroxylation is 3. The molecule has 1 atom stereocenters. The molecule has 1 amide bonds. The number of nitro benzene ring substituents is 1. The second kappa shape index (κ2) is 10.1. The summed E-state index contributed by atoms with van der Waals surface area (Å²) in [5.41, 5.74) is 2.34. The zero-order chi connectivity index (χ0) is 25.4. The van der Waals surface area contributed by atoms with E-state index in [9.17, 15) is 14.9 Å². The summed E-state index contributed by atoms with van der Waals surface area (Å²) in [5.74, 6) is 2.06. The molecule has 0 saturated carbocycles. The number of aromatic nitrogens is 2. The Morgan fingerprint density at radius 1 is 1.14 bits per heavy atom. The minimum atomic E-state index is -0.428. The lowest BCUT2D eigenvalue weighted by molar-refractivity contribution is -0.385. The largest absolute Gasteiger partial charge is 0.352 e. The van der Waals surface area contributed by atoms with Gasteiger partial charge in [-0.25, -0.2) is 9.97 Å². The molecule has 2 aliphatic rings. The molecule has 2 aromatic heterocycles. The van der Waals surface area contributed by atoms with Gasteiger partial charge in [-0.15, -0.1) is 11.3 Å². The molecule has 0 bridgehead atoms. The maximum atomic E-state index is 13.2. The van der Waals surface area contributed by atoms with Crippen molar-refractivity contribution in [2.75, 3.05) is 31.1 Å². The van der Waals surface area contributed by atoms with Crippen molar-refractivity contribution in [2.24, 2.45) is 0 Å². The summed E-state index contributed by atoms with van der Waals surface area (Å²) in [5, 5.41) is 12.6. The Kier molecular flexibility index (Phi) is 6.92. The SMILES string of the molecule is CCC(C)c1nc(N2CCN(C(=O)c3ccc(C)c([N+](=O)[O-])c3)CC2)c2c3c(sc2n1)CCCCC3. The fraction of sp³-hybridized carbons (Fsp3) is 0.519. The van der Waals surface area contributed by atoms with E-state index < -0.39 is 4.92 Å².